The summed E-state index contributed by atoms with van der Waals surface area (Å²) in [6.07, 6.45) is 2.42. The molecule has 8 aromatic carbocycles. The summed E-state index contributed by atoms with van der Waals surface area (Å²) in [5.41, 5.74) is 12.4. The molecule has 2 nitrogen and oxygen atoms in total. The Bertz CT molecular complexity index is 3310. The van der Waals surface area contributed by atoms with Crippen LogP contribution in [-0.4, -0.2) is 4.57 Å². The molecular formula is C51H32N2S2. The van der Waals surface area contributed by atoms with Crippen LogP contribution < -0.4 is 5.32 Å². The molecule has 4 heteroatoms. The number of hydrogen-bond acceptors (Lipinski definition) is 3. The molecule has 1 aliphatic heterocycles. The van der Waals surface area contributed by atoms with E-state index in [1.54, 1.807) is 0 Å². The lowest BCUT2D eigenvalue weighted by Gasteiger charge is -2.27. The lowest BCUT2D eigenvalue weighted by molar-refractivity contribution is 0.986. The summed E-state index contributed by atoms with van der Waals surface area (Å²) in [6, 6.07) is 64.8. The highest BCUT2D eigenvalue weighted by molar-refractivity contribution is 7.26. The zero-order chi connectivity index (χ0) is 36.0. The maximum atomic E-state index is 3.89. The standard InChI is InChI=1S/C51H32N2S2/c1-2-12-31(13-3-1)40-30-43(52-42-19-7-4-14-35(40)42)38-18-11-23-48-51(38)39-26-24-32(28-49(39)55-48)34-17-10-22-47-50(34)41-29-33(25-27-46(41)54-47)53-44-20-8-5-15-36(44)37-16-6-9-21-45(37)53/h1-30,43,52H. The molecule has 11 aromatic rings. The largest absolute Gasteiger partial charge is 0.374 e. The van der Waals surface area contributed by atoms with Crippen LogP contribution in [0.5, 0.6) is 0 Å². The Morgan fingerprint density at radius 2 is 1.13 bits per heavy atom. The molecule has 0 bridgehead atoms. The first-order valence-corrected chi connectivity index (χ1v) is 20.4. The second-order valence-corrected chi connectivity index (χ2v) is 16.6. The minimum Gasteiger partial charge on any atom is -0.374 e. The lowest BCUT2D eigenvalue weighted by Crippen LogP contribution is -2.15. The van der Waals surface area contributed by atoms with E-state index in [1.807, 2.05) is 22.7 Å². The number of thiophene rings is 2. The van der Waals surface area contributed by atoms with Crippen LogP contribution in [-0.2, 0) is 0 Å². The van der Waals surface area contributed by atoms with Crippen molar-refractivity contribution in [3.63, 3.8) is 0 Å². The molecule has 0 radical (unpaired) electrons. The van der Waals surface area contributed by atoms with Crippen molar-refractivity contribution in [2.24, 2.45) is 0 Å². The van der Waals surface area contributed by atoms with E-state index in [2.05, 4.69) is 192 Å². The smallest absolute Gasteiger partial charge is 0.0713 e. The van der Waals surface area contributed by atoms with Gasteiger partial charge in [-0.15, -0.1) is 22.7 Å². The van der Waals surface area contributed by atoms with Crippen molar-refractivity contribution in [1.82, 2.24) is 4.57 Å². The van der Waals surface area contributed by atoms with Crippen molar-refractivity contribution in [3.8, 4) is 16.8 Å². The molecule has 3 aromatic heterocycles. The van der Waals surface area contributed by atoms with Gasteiger partial charge in [0.2, 0.25) is 0 Å². The number of rotatable bonds is 4. The van der Waals surface area contributed by atoms with Gasteiger partial charge in [0.1, 0.15) is 0 Å². The number of fused-ring (bicyclic) bond motifs is 10. The van der Waals surface area contributed by atoms with Crippen LogP contribution in [0.3, 0.4) is 0 Å². The average molecular weight is 737 g/mol. The SMILES string of the molecule is C1=C(c2ccccc2)c2ccccc2NC1c1cccc2sc3cc(-c4cccc5sc6ccc(-n7c8ccccc8c8ccccc87)cc6c45)ccc3c12. The van der Waals surface area contributed by atoms with E-state index in [1.165, 1.54) is 107 Å². The first kappa shape index (κ1) is 30.9. The number of para-hydroxylation sites is 3. The molecule has 0 fully saturated rings. The van der Waals surface area contributed by atoms with Gasteiger partial charge in [-0.2, -0.15) is 0 Å². The lowest BCUT2D eigenvalue weighted by atomic mass is 9.88. The fourth-order valence-electron chi connectivity index (χ4n) is 9.02. The third kappa shape index (κ3) is 4.72. The minimum absolute atomic E-state index is 0.0425. The topological polar surface area (TPSA) is 17.0 Å². The van der Waals surface area contributed by atoms with Crippen LogP contribution in [0.25, 0.3) is 84.5 Å². The Balaban J connectivity index is 1.01. The molecule has 0 aliphatic carbocycles. The first-order valence-electron chi connectivity index (χ1n) is 18.8. The van der Waals surface area contributed by atoms with E-state index < -0.39 is 0 Å². The third-order valence-corrected chi connectivity index (χ3v) is 13.7. The molecule has 258 valence electrons. The molecule has 0 saturated heterocycles. The third-order valence-electron chi connectivity index (χ3n) is 11.4. The number of hydrogen-bond donors (Lipinski definition) is 1. The first-order chi connectivity index (χ1) is 27.3. The summed E-state index contributed by atoms with van der Waals surface area (Å²) in [5.74, 6) is 0. The monoisotopic (exact) mass is 736 g/mol. The predicted octanol–water partition coefficient (Wildman–Crippen LogP) is 14.8. The summed E-state index contributed by atoms with van der Waals surface area (Å²) >= 11 is 3.78. The van der Waals surface area contributed by atoms with Gasteiger partial charge < -0.3 is 9.88 Å². The highest BCUT2D eigenvalue weighted by Crippen LogP contribution is 2.46. The molecule has 0 spiro atoms. The van der Waals surface area contributed by atoms with Crippen molar-refractivity contribution in [1.29, 1.82) is 0 Å². The second-order valence-electron chi connectivity index (χ2n) is 14.5. The molecule has 1 unspecified atom stereocenters. The molecule has 4 heterocycles. The van der Waals surface area contributed by atoms with Crippen LogP contribution in [0, 0.1) is 0 Å². The van der Waals surface area contributed by atoms with E-state index in [9.17, 15) is 0 Å². The summed E-state index contributed by atoms with van der Waals surface area (Å²) in [5, 5.41) is 11.7. The van der Waals surface area contributed by atoms with Gasteiger partial charge >= 0.3 is 0 Å². The van der Waals surface area contributed by atoms with Crippen LogP contribution in [0.2, 0.25) is 0 Å². The maximum absolute atomic E-state index is 3.89. The number of anilines is 1. The molecule has 1 atom stereocenters. The second kappa shape index (κ2) is 12.0. The Morgan fingerprint density at radius 1 is 0.436 bits per heavy atom. The number of aromatic nitrogens is 1. The minimum atomic E-state index is 0.0425. The normalized spacial score (nSPS) is 14.3. The zero-order valence-corrected chi connectivity index (χ0v) is 31.3. The van der Waals surface area contributed by atoms with Crippen molar-refractivity contribution in [2.45, 2.75) is 6.04 Å². The van der Waals surface area contributed by atoms with Crippen molar-refractivity contribution >= 4 is 96.1 Å². The Kier molecular flexibility index (Phi) is 6.77. The van der Waals surface area contributed by atoms with Crippen molar-refractivity contribution < 1.29 is 0 Å². The molecule has 1 aliphatic rings. The van der Waals surface area contributed by atoms with Gasteiger partial charge in [0, 0.05) is 68.1 Å². The quantitative estimate of drug-likeness (QED) is 0.190. The molecule has 55 heavy (non-hydrogen) atoms. The van der Waals surface area contributed by atoms with Crippen LogP contribution in [0.4, 0.5) is 5.69 Å². The number of benzene rings is 8. The molecule has 1 N–H and O–H groups in total. The number of nitrogens with one attached hydrogen (secondary N) is 1. The van der Waals surface area contributed by atoms with Crippen LogP contribution in [0.15, 0.2) is 182 Å². The van der Waals surface area contributed by atoms with Gasteiger partial charge in [-0.3, -0.25) is 0 Å². The van der Waals surface area contributed by atoms with E-state index in [4.69, 9.17) is 0 Å². The zero-order valence-electron chi connectivity index (χ0n) is 29.7. The molecule has 0 amide bonds. The molecule has 0 saturated carbocycles. The van der Waals surface area contributed by atoms with Crippen LogP contribution in [0.1, 0.15) is 22.7 Å². The van der Waals surface area contributed by atoms with Crippen molar-refractivity contribution in [2.75, 3.05) is 5.32 Å². The predicted molar refractivity (Wildman–Crippen MR) is 238 cm³/mol. The highest BCUT2D eigenvalue weighted by atomic mass is 32.1. The van der Waals surface area contributed by atoms with Crippen molar-refractivity contribution in [3.05, 3.63) is 199 Å². The number of nitrogens with zero attached hydrogens (tertiary/aromatic N) is 1. The summed E-state index contributed by atoms with van der Waals surface area (Å²) in [4.78, 5) is 0. The highest BCUT2D eigenvalue weighted by Gasteiger charge is 2.24. The van der Waals surface area contributed by atoms with Crippen LogP contribution >= 0.6 is 22.7 Å². The molecular weight excluding hydrogens is 705 g/mol. The van der Waals surface area contributed by atoms with Gasteiger partial charge in [-0.05, 0) is 88.5 Å². The summed E-state index contributed by atoms with van der Waals surface area (Å²) in [6.45, 7) is 0. The summed E-state index contributed by atoms with van der Waals surface area (Å²) in [7, 11) is 0. The maximum Gasteiger partial charge on any atom is 0.0713 e. The van der Waals surface area contributed by atoms with Gasteiger partial charge in [0.15, 0.2) is 0 Å². The average Bonchev–Trinajstić information content (AvgIpc) is 3.92. The summed E-state index contributed by atoms with van der Waals surface area (Å²) < 4.78 is 7.68. The molecule has 12 rings (SSSR count). The van der Waals surface area contributed by atoms with Gasteiger partial charge in [0.25, 0.3) is 0 Å². The Morgan fingerprint density at radius 3 is 1.96 bits per heavy atom. The van der Waals surface area contributed by atoms with Gasteiger partial charge in [0.05, 0.1) is 17.1 Å². The van der Waals surface area contributed by atoms with E-state index in [0.29, 0.717) is 0 Å². The Hall–Kier alpha value is -6.46. The van der Waals surface area contributed by atoms with E-state index >= 15 is 0 Å². The fraction of sp³-hybridized carbons (Fsp3) is 0.0196. The van der Waals surface area contributed by atoms with Gasteiger partial charge in [-0.1, -0.05) is 121 Å². The fourth-order valence-corrected chi connectivity index (χ4v) is 11.3. The Labute approximate surface area is 325 Å². The van der Waals surface area contributed by atoms with Gasteiger partial charge in [-0.25, -0.2) is 0 Å². The van der Waals surface area contributed by atoms with E-state index in [0.717, 1.165) is 0 Å². The van der Waals surface area contributed by atoms with E-state index in [-0.39, 0.29) is 6.04 Å².